The standard InChI is InChI=1S/C13H13N3O3/c1-8-3-4-14-5-10(8)7-16-12(18)11(9(2)17)6-15-13(16)19/h3-6H,7H2,1-2H3,(H,15,19). The summed E-state index contributed by atoms with van der Waals surface area (Å²) in [5.74, 6) is -0.377. The maximum atomic E-state index is 12.0. The smallest absolute Gasteiger partial charge is 0.313 e. The monoisotopic (exact) mass is 259 g/mol. The summed E-state index contributed by atoms with van der Waals surface area (Å²) >= 11 is 0. The number of aryl methyl sites for hydroxylation is 1. The summed E-state index contributed by atoms with van der Waals surface area (Å²) in [4.78, 5) is 41.4. The first-order valence-corrected chi connectivity index (χ1v) is 5.73. The largest absolute Gasteiger partial charge is 0.328 e. The van der Waals surface area contributed by atoms with E-state index in [1.165, 1.54) is 6.92 Å². The first-order valence-electron chi connectivity index (χ1n) is 5.73. The lowest BCUT2D eigenvalue weighted by Gasteiger charge is -2.07. The fourth-order valence-electron chi connectivity index (χ4n) is 1.74. The predicted octanol–water partition coefficient (Wildman–Crippen LogP) is 0.491. The number of carbonyl (C=O) groups is 1. The molecule has 0 aromatic carbocycles. The average Bonchev–Trinajstić information content (AvgIpc) is 2.36. The van der Waals surface area contributed by atoms with Crippen LogP contribution in [0.15, 0.2) is 34.2 Å². The number of nitrogens with zero attached hydrogens (tertiary/aromatic N) is 2. The summed E-state index contributed by atoms with van der Waals surface area (Å²) in [5.41, 5.74) is 0.532. The van der Waals surface area contributed by atoms with Crippen molar-refractivity contribution in [3.05, 3.63) is 62.2 Å². The van der Waals surface area contributed by atoms with Crippen LogP contribution in [0, 0.1) is 6.92 Å². The van der Waals surface area contributed by atoms with Crippen LogP contribution in [0.25, 0.3) is 0 Å². The number of carbonyl (C=O) groups excluding carboxylic acids is 1. The molecule has 19 heavy (non-hydrogen) atoms. The number of nitrogens with one attached hydrogen (secondary N) is 1. The Labute approximate surface area is 108 Å². The van der Waals surface area contributed by atoms with Gasteiger partial charge in [-0.15, -0.1) is 0 Å². The van der Waals surface area contributed by atoms with Crippen LogP contribution in [0.4, 0.5) is 0 Å². The molecule has 0 aliphatic heterocycles. The SMILES string of the molecule is CC(=O)c1c[nH]c(=O)n(Cc2cnccc2C)c1=O. The van der Waals surface area contributed by atoms with Crippen molar-refractivity contribution in [2.45, 2.75) is 20.4 Å². The Morgan fingerprint density at radius 3 is 2.79 bits per heavy atom. The number of aromatic amines is 1. The van der Waals surface area contributed by atoms with Crippen molar-refractivity contribution in [2.24, 2.45) is 0 Å². The number of hydrogen-bond acceptors (Lipinski definition) is 4. The van der Waals surface area contributed by atoms with E-state index in [1.807, 2.05) is 6.92 Å². The van der Waals surface area contributed by atoms with Gasteiger partial charge in [0.25, 0.3) is 5.56 Å². The Hall–Kier alpha value is -2.50. The minimum atomic E-state index is -0.584. The van der Waals surface area contributed by atoms with E-state index in [-0.39, 0.29) is 17.9 Å². The molecule has 2 aromatic rings. The van der Waals surface area contributed by atoms with Gasteiger partial charge in [0.2, 0.25) is 0 Å². The van der Waals surface area contributed by atoms with E-state index >= 15 is 0 Å². The zero-order valence-electron chi connectivity index (χ0n) is 10.6. The quantitative estimate of drug-likeness (QED) is 0.813. The van der Waals surface area contributed by atoms with Crippen LogP contribution in [0.1, 0.15) is 28.4 Å². The van der Waals surface area contributed by atoms with Crippen LogP contribution in [0.2, 0.25) is 0 Å². The zero-order chi connectivity index (χ0) is 14.0. The fourth-order valence-corrected chi connectivity index (χ4v) is 1.74. The van der Waals surface area contributed by atoms with Gasteiger partial charge in [-0.1, -0.05) is 0 Å². The summed E-state index contributed by atoms with van der Waals surface area (Å²) < 4.78 is 1.00. The number of H-pyrrole nitrogens is 1. The Morgan fingerprint density at radius 1 is 1.42 bits per heavy atom. The Bertz CT molecular complexity index is 743. The minimum absolute atomic E-state index is 0.0267. The van der Waals surface area contributed by atoms with Gasteiger partial charge >= 0.3 is 5.69 Å². The van der Waals surface area contributed by atoms with Crippen molar-refractivity contribution >= 4 is 5.78 Å². The third-order valence-corrected chi connectivity index (χ3v) is 2.92. The number of hydrogen-bond donors (Lipinski definition) is 1. The molecule has 0 saturated heterocycles. The second kappa shape index (κ2) is 5.01. The molecule has 0 spiro atoms. The van der Waals surface area contributed by atoms with Gasteiger partial charge < -0.3 is 4.98 Å². The van der Waals surface area contributed by atoms with E-state index in [1.54, 1.807) is 18.5 Å². The molecule has 0 aliphatic carbocycles. The van der Waals surface area contributed by atoms with Crippen LogP contribution < -0.4 is 11.2 Å². The molecule has 0 amide bonds. The highest BCUT2D eigenvalue weighted by Gasteiger charge is 2.11. The van der Waals surface area contributed by atoms with E-state index in [2.05, 4.69) is 9.97 Å². The third kappa shape index (κ3) is 2.52. The van der Waals surface area contributed by atoms with Crippen molar-refractivity contribution in [3.8, 4) is 0 Å². The van der Waals surface area contributed by atoms with Gasteiger partial charge in [0, 0.05) is 18.6 Å². The molecule has 0 atom stereocenters. The van der Waals surface area contributed by atoms with E-state index in [4.69, 9.17) is 0 Å². The van der Waals surface area contributed by atoms with Crippen molar-refractivity contribution in [3.63, 3.8) is 0 Å². The highest BCUT2D eigenvalue weighted by Crippen LogP contribution is 2.05. The second-order valence-electron chi connectivity index (χ2n) is 4.26. The molecule has 0 fully saturated rings. The number of aromatic nitrogens is 3. The summed E-state index contributed by atoms with van der Waals surface area (Å²) in [5, 5.41) is 0. The molecule has 6 heteroatoms. The molecule has 0 bridgehead atoms. The maximum Gasteiger partial charge on any atom is 0.328 e. The molecule has 0 unspecified atom stereocenters. The minimum Gasteiger partial charge on any atom is -0.313 e. The van der Waals surface area contributed by atoms with Crippen LogP contribution >= 0.6 is 0 Å². The van der Waals surface area contributed by atoms with Gasteiger partial charge in [-0.3, -0.25) is 19.1 Å². The molecule has 0 radical (unpaired) electrons. The lowest BCUT2D eigenvalue weighted by atomic mass is 10.1. The van der Waals surface area contributed by atoms with E-state index < -0.39 is 11.2 Å². The second-order valence-corrected chi connectivity index (χ2v) is 4.26. The highest BCUT2D eigenvalue weighted by molar-refractivity contribution is 5.93. The maximum absolute atomic E-state index is 12.0. The third-order valence-electron chi connectivity index (χ3n) is 2.92. The molecule has 6 nitrogen and oxygen atoms in total. The molecular weight excluding hydrogens is 246 g/mol. The predicted molar refractivity (Wildman–Crippen MR) is 69.4 cm³/mol. The fraction of sp³-hybridized carbons (Fsp3) is 0.231. The number of ketones is 1. The average molecular weight is 259 g/mol. The van der Waals surface area contributed by atoms with E-state index in [0.29, 0.717) is 0 Å². The Morgan fingerprint density at radius 2 is 2.16 bits per heavy atom. The summed E-state index contributed by atoms with van der Waals surface area (Å²) in [6.45, 7) is 3.24. The Kier molecular flexibility index (Phi) is 3.41. The highest BCUT2D eigenvalue weighted by atomic mass is 16.2. The van der Waals surface area contributed by atoms with Gasteiger partial charge in [-0.25, -0.2) is 4.79 Å². The number of pyridine rings is 1. The van der Waals surface area contributed by atoms with Gasteiger partial charge in [0.05, 0.1) is 12.1 Å². The van der Waals surface area contributed by atoms with E-state index in [0.717, 1.165) is 21.9 Å². The summed E-state index contributed by atoms with van der Waals surface area (Å²) in [7, 11) is 0. The van der Waals surface area contributed by atoms with Crippen molar-refractivity contribution in [1.82, 2.24) is 14.5 Å². The summed E-state index contributed by atoms with van der Waals surface area (Å²) in [6, 6.07) is 1.80. The van der Waals surface area contributed by atoms with Crippen molar-refractivity contribution < 1.29 is 4.79 Å². The van der Waals surface area contributed by atoms with Gasteiger partial charge in [0.15, 0.2) is 5.78 Å². The van der Waals surface area contributed by atoms with Crippen LogP contribution in [-0.4, -0.2) is 20.3 Å². The van der Waals surface area contributed by atoms with Crippen LogP contribution in [0.5, 0.6) is 0 Å². The molecule has 2 heterocycles. The van der Waals surface area contributed by atoms with Crippen molar-refractivity contribution in [2.75, 3.05) is 0 Å². The molecule has 1 N–H and O–H groups in total. The van der Waals surface area contributed by atoms with Gasteiger partial charge in [0.1, 0.15) is 0 Å². The summed E-state index contributed by atoms with van der Waals surface area (Å²) in [6.07, 6.45) is 4.39. The lowest BCUT2D eigenvalue weighted by molar-refractivity contribution is 0.101. The zero-order valence-corrected chi connectivity index (χ0v) is 10.6. The number of Topliss-reactive ketones (excluding diaryl/α,β-unsaturated/α-hetero) is 1. The van der Waals surface area contributed by atoms with Crippen LogP contribution in [0.3, 0.4) is 0 Å². The first kappa shape index (κ1) is 12.9. The normalized spacial score (nSPS) is 10.4. The van der Waals surface area contributed by atoms with Gasteiger partial charge in [-0.2, -0.15) is 0 Å². The molecule has 0 aliphatic rings. The lowest BCUT2D eigenvalue weighted by Crippen LogP contribution is -2.38. The number of rotatable bonds is 3. The molecule has 2 rings (SSSR count). The van der Waals surface area contributed by atoms with Gasteiger partial charge in [-0.05, 0) is 31.0 Å². The first-order chi connectivity index (χ1) is 9.00. The molecule has 0 saturated carbocycles. The topological polar surface area (TPSA) is 84.8 Å². The molecular formula is C13H13N3O3. The molecule has 98 valence electrons. The Balaban J connectivity index is 2.55. The van der Waals surface area contributed by atoms with Crippen LogP contribution in [-0.2, 0) is 6.54 Å². The van der Waals surface area contributed by atoms with E-state index in [9.17, 15) is 14.4 Å². The molecule has 2 aromatic heterocycles. The van der Waals surface area contributed by atoms with Crippen molar-refractivity contribution in [1.29, 1.82) is 0 Å².